The standard InChI is InChI=1S/C17H21N3O/c1-4-10-20(15-7-5-6-14(18)11-15)17(21)16-9-8-12(2)19-13(16)3/h5-9,11H,4,10,18H2,1-3H3. The van der Waals surface area contributed by atoms with Gasteiger partial charge in [0.25, 0.3) is 5.91 Å². The van der Waals surface area contributed by atoms with E-state index in [1.807, 2.05) is 57.2 Å². The van der Waals surface area contributed by atoms with Crippen molar-refractivity contribution in [3.8, 4) is 0 Å². The van der Waals surface area contributed by atoms with E-state index in [4.69, 9.17) is 5.73 Å². The van der Waals surface area contributed by atoms with Crippen LogP contribution in [0.4, 0.5) is 11.4 Å². The molecule has 2 N–H and O–H groups in total. The van der Waals surface area contributed by atoms with Crippen molar-refractivity contribution < 1.29 is 4.79 Å². The van der Waals surface area contributed by atoms with Crippen LogP contribution in [0.3, 0.4) is 0 Å². The molecule has 0 aliphatic carbocycles. The number of hydrogen-bond acceptors (Lipinski definition) is 3. The van der Waals surface area contributed by atoms with Gasteiger partial charge >= 0.3 is 0 Å². The second kappa shape index (κ2) is 6.39. The molecular weight excluding hydrogens is 262 g/mol. The second-order valence-electron chi connectivity index (χ2n) is 5.14. The lowest BCUT2D eigenvalue weighted by Gasteiger charge is -2.23. The highest BCUT2D eigenvalue weighted by atomic mass is 16.2. The predicted molar refractivity (Wildman–Crippen MR) is 86.5 cm³/mol. The number of nitrogen functional groups attached to an aromatic ring is 1. The largest absolute Gasteiger partial charge is 0.399 e. The molecule has 0 unspecified atom stereocenters. The van der Waals surface area contributed by atoms with Gasteiger partial charge in [-0.15, -0.1) is 0 Å². The second-order valence-corrected chi connectivity index (χ2v) is 5.14. The average molecular weight is 283 g/mol. The summed E-state index contributed by atoms with van der Waals surface area (Å²) in [4.78, 5) is 19.0. The summed E-state index contributed by atoms with van der Waals surface area (Å²) >= 11 is 0. The van der Waals surface area contributed by atoms with Gasteiger partial charge in [-0.2, -0.15) is 0 Å². The van der Waals surface area contributed by atoms with Crippen molar-refractivity contribution in [1.82, 2.24) is 4.98 Å². The molecule has 0 spiro atoms. The van der Waals surface area contributed by atoms with Crippen LogP contribution in [-0.2, 0) is 0 Å². The van der Waals surface area contributed by atoms with E-state index in [0.29, 0.717) is 17.8 Å². The molecule has 0 fully saturated rings. The topological polar surface area (TPSA) is 59.2 Å². The van der Waals surface area contributed by atoms with E-state index < -0.39 is 0 Å². The van der Waals surface area contributed by atoms with Gasteiger partial charge in [0.1, 0.15) is 0 Å². The van der Waals surface area contributed by atoms with Gasteiger partial charge in [-0.25, -0.2) is 0 Å². The number of aromatic nitrogens is 1. The number of benzene rings is 1. The van der Waals surface area contributed by atoms with Gasteiger partial charge in [-0.1, -0.05) is 13.0 Å². The van der Waals surface area contributed by atoms with Crippen LogP contribution in [0.2, 0.25) is 0 Å². The van der Waals surface area contributed by atoms with E-state index in [1.165, 1.54) is 0 Å². The molecule has 0 aliphatic rings. The Morgan fingerprint density at radius 3 is 2.62 bits per heavy atom. The molecule has 2 rings (SSSR count). The molecule has 21 heavy (non-hydrogen) atoms. The highest BCUT2D eigenvalue weighted by molar-refractivity contribution is 6.06. The molecule has 0 saturated carbocycles. The van der Waals surface area contributed by atoms with Crippen molar-refractivity contribution >= 4 is 17.3 Å². The minimum atomic E-state index is -0.0348. The molecule has 1 aromatic carbocycles. The number of nitrogens with zero attached hydrogens (tertiary/aromatic N) is 2. The zero-order valence-electron chi connectivity index (χ0n) is 12.8. The molecule has 0 radical (unpaired) electrons. The van der Waals surface area contributed by atoms with Crippen molar-refractivity contribution in [2.45, 2.75) is 27.2 Å². The minimum absolute atomic E-state index is 0.0348. The number of aryl methyl sites for hydroxylation is 2. The lowest BCUT2D eigenvalue weighted by Crippen LogP contribution is -2.32. The smallest absolute Gasteiger partial charge is 0.260 e. The molecule has 4 nitrogen and oxygen atoms in total. The molecule has 4 heteroatoms. The Bertz CT molecular complexity index is 652. The number of pyridine rings is 1. The summed E-state index contributed by atoms with van der Waals surface area (Å²) in [6, 6.07) is 11.1. The Kier molecular flexibility index (Phi) is 4.58. The normalized spacial score (nSPS) is 10.4. The van der Waals surface area contributed by atoms with Crippen LogP contribution in [0.1, 0.15) is 35.1 Å². The number of rotatable bonds is 4. The quantitative estimate of drug-likeness (QED) is 0.875. The van der Waals surface area contributed by atoms with Gasteiger partial charge in [0.05, 0.1) is 11.3 Å². The van der Waals surface area contributed by atoms with Crippen LogP contribution in [-0.4, -0.2) is 17.4 Å². The Labute approximate surface area is 125 Å². The number of nitrogens with two attached hydrogens (primary N) is 1. The van der Waals surface area contributed by atoms with Crippen molar-refractivity contribution in [2.24, 2.45) is 0 Å². The Morgan fingerprint density at radius 1 is 1.24 bits per heavy atom. The van der Waals surface area contributed by atoms with Gasteiger partial charge in [-0.3, -0.25) is 9.78 Å². The maximum absolute atomic E-state index is 12.8. The Morgan fingerprint density at radius 2 is 2.00 bits per heavy atom. The van der Waals surface area contributed by atoms with E-state index in [-0.39, 0.29) is 5.91 Å². The lowest BCUT2D eigenvalue weighted by molar-refractivity contribution is 0.0986. The molecule has 2 aromatic rings. The maximum atomic E-state index is 12.8. The summed E-state index contributed by atoms with van der Waals surface area (Å²) in [6.45, 7) is 6.48. The molecule has 0 atom stereocenters. The van der Waals surface area contributed by atoms with Crippen LogP contribution in [0.15, 0.2) is 36.4 Å². The minimum Gasteiger partial charge on any atom is -0.399 e. The monoisotopic (exact) mass is 283 g/mol. The molecule has 1 heterocycles. The molecule has 1 aromatic heterocycles. The first kappa shape index (κ1) is 15.0. The van der Waals surface area contributed by atoms with Crippen LogP contribution in [0.25, 0.3) is 0 Å². The fraction of sp³-hybridized carbons (Fsp3) is 0.294. The third-order valence-electron chi connectivity index (χ3n) is 3.33. The number of hydrogen-bond donors (Lipinski definition) is 1. The van der Waals surface area contributed by atoms with Gasteiger partial charge < -0.3 is 10.6 Å². The molecule has 0 saturated heterocycles. The van der Waals surface area contributed by atoms with Crippen molar-refractivity contribution in [2.75, 3.05) is 17.2 Å². The zero-order valence-corrected chi connectivity index (χ0v) is 12.8. The van der Waals surface area contributed by atoms with Crippen LogP contribution in [0.5, 0.6) is 0 Å². The SMILES string of the molecule is CCCN(C(=O)c1ccc(C)nc1C)c1cccc(N)c1. The van der Waals surface area contributed by atoms with E-state index >= 15 is 0 Å². The number of carbonyl (C=O) groups excluding carboxylic acids is 1. The highest BCUT2D eigenvalue weighted by Crippen LogP contribution is 2.21. The zero-order chi connectivity index (χ0) is 15.4. The average Bonchev–Trinajstić information content (AvgIpc) is 2.44. The van der Waals surface area contributed by atoms with Gasteiger partial charge in [0, 0.05) is 23.6 Å². The third-order valence-corrected chi connectivity index (χ3v) is 3.33. The first-order valence-corrected chi connectivity index (χ1v) is 7.14. The van der Waals surface area contributed by atoms with Crippen LogP contribution < -0.4 is 10.6 Å². The third kappa shape index (κ3) is 3.40. The Balaban J connectivity index is 2.40. The number of carbonyl (C=O) groups is 1. The molecular formula is C17H21N3O. The highest BCUT2D eigenvalue weighted by Gasteiger charge is 2.19. The fourth-order valence-electron chi connectivity index (χ4n) is 2.32. The number of anilines is 2. The Hall–Kier alpha value is -2.36. The summed E-state index contributed by atoms with van der Waals surface area (Å²) in [5.41, 5.74) is 9.61. The first-order chi connectivity index (χ1) is 10.0. The molecule has 0 bridgehead atoms. The molecule has 1 amide bonds. The van der Waals surface area contributed by atoms with Gasteiger partial charge in [-0.05, 0) is 50.6 Å². The van der Waals surface area contributed by atoms with Gasteiger partial charge in [0.2, 0.25) is 0 Å². The first-order valence-electron chi connectivity index (χ1n) is 7.14. The van der Waals surface area contributed by atoms with E-state index in [2.05, 4.69) is 4.98 Å². The summed E-state index contributed by atoms with van der Waals surface area (Å²) in [6.07, 6.45) is 0.874. The fourth-order valence-corrected chi connectivity index (χ4v) is 2.32. The predicted octanol–water partition coefficient (Wildman–Crippen LogP) is 3.34. The molecule has 0 aliphatic heterocycles. The maximum Gasteiger partial charge on any atom is 0.260 e. The molecule has 110 valence electrons. The van der Waals surface area contributed by atoms with Crippen molar-refractivity contribution in [1.29, 1.82) is 0 Å². The van der Waals surface area contributed by atoms with Crippen LogP contribution in [0, 0.1) is 13.8 Å². The van der Waals surface area contributed by atoms with E-state index in [9.17, 15) is 4.79 Å². The van der Waals surface area contributed by atoms with Crippen LogP contribution >= 0.6 is 0 Å². The van der Waals surface area contributed by atoms with Crippen molar-refractivity contribution in [3.63, 3.8) is 0 Å². The van der Waals surface area contributed by atoms with Crippen molar-refractivity contribution in [3.05, 3.63) is 53.3 Å². The summed E-state index contributed by atoms with van der Waals surface area (Å²) < 4.78 is 0. The van der Waals surface area contributed by atoms with E-state index in [1.54, 1.807) is 4.90 Å². The van der Waals surface area contributed by atoms with Gasteiger partial charge in [0.15, 0.2) is 0 Å². The number of amides is 1. The summed E-state index contributed by atoms with van der Waals surface area (Å²) in [7, 11) is 0. The van der Waals surface area contributed by atoms with E-state index in [0.717, 1.165) is 23.5 Å². The summed E-state index contributed by atoms with van der Waals surface area (Å²) in [5.74, 6) is -0.0348. The lowest BCUT2D eigenvalue weighted by atomic mass is 10.1. The summed E-state index contributed by atoms with van der Waals surface area (Å²) in [5, 5.41) is 0.